The molecule has 12 heteroatoms. The Kier molecular flexibility index (Phi) is 9.03. The predicted molar refractivity (Wildman–Crippen MR) is 169 cm³/mol. The molecule has 1 atom stereocenters. The molecule has 2 aliphatic rings. The number of likely N-dealkylation sites (tertiary alicyclic amines) is 1. The summed E-state index contributed by atoms with van der Waals surface area (Å²) in [5.74, 6) is -3.65. The van der Waals surface area contributed by atoms with Crippen LogP contribution in [0.5, 0.6) is 0 Å². The maximum absolute atomic E-state index is 14.4. The number of rotatable bonds is 8. The van der Waals surface area contributed by atoms with Gasteiger partial charge in [0.1, 0.15) is 11.9 Å². The van der Waals surface area contributed by atoms with E-state index in [-0.39, 0.29) is 23.6 Å². The topological polar surface area (TPSA) is 103 Å². The van der Waals surface area contributed by atoms with Gasteiger partial charge in [0.2, 0.25) is 11.8 Å². The molecule has 0 radical (unpaired) electrons. The normalized spacial score (nSPS) is 15.8. The van der Waals surface area contributed by atoms with Gasteiger partial charge in [-0.1, -0.05) is 41.9 Å². The van der Waals surface area contributed by atoms with Gasteiger partial charge in [-0.15, -0.1) is 0 Å². The smallest absolute Gasteiger partial charge is 0.287 e. The van der Waals surface area contributed by atoms with Crippen molar-refractivity contribution >= 4 is 46.0 Å². The number of carbonyl (C=O) groups is 3. The lowest BCUT2D eigenvalue weighted by Gasteiger charge is -2.38. The van der Waals surface area contributed by atoms with Crippen molar-refractivity contribution < 1.29 is 27.6 Å². The van der Waals surface area contributed by atoms with Gasteiger partial charge in [0.25, 0.3) is 5.91 Å². The van der Waals surface area contributed by atoms with Crippen molar-refractivity contribution in [2.75, 3.05) is 37.6 Å². The molecule has 0 saturated carbocycles. The molecule has 9 nitrogen and oxygen atoms in total. The van der Waals surface area contributed by atoms with Crippen molar-refractivity contribution in [1.29, 1.82) is 0 Å². The molecule has 3 aromatic carbocycles. The number of piperazine rings is 1. The molecule has 0 bridgehead atoms. The number of fused-ring (bicyclic) bond motifs is 1. The summed E-state index contributed by atoms with van der Waals surface area (Å²) in [5.41, 5.74) is 1.44. The van der Waals surface area contributed by atoms with Gasteiger partial charge in [0.05, 0.1) is 5.39 Å². The minimum Gasteiger partial charge on any atom is -0.448 e. The van der Waals surface area contributed by atoms with E-state index in [1.165, 1.54) is 0 Å². The van der Waals surface area contributed by atoms with E-state index in [1.54, 1.807) is 29.2 Å². The Hall–Kier alpha value is -4.77. The molecule has 2 saturated heterocycles. The van der Waals surface area contributed by atoms with Crippen LogP contribution in [0, 0.1) is 11.6 Å². The first kappa shape index (κ1) is 31.2. The van der Waals surface area contributed by atoms with E-state index in [9.17, 15) is 28.0 Å². The first-order valence-corrected chi connectivity index (χ1v) is 15.4. The molecule has 46 heavy (non-hydrogen) atoms. The molecule has 1 aromatic heterocycles. The van der Waals surface area contributed by atoms with E-state index >= 15 is 0 Å². The lowest BCUT2D eigenvalue weighted by molar-refractivity contribution is -0.133. The minimum atomic E-state index is -1.12. The second-order valence-electron chi connectivity index (χ2n) is 11.5. The maximum atomic E-state index is 14.4. The summed E-state index contributed by atoms with van der Waals surface area (Å²) in [5, 5.41) is 2.84. The van der Waals surface area contributed by atoms with Crippen LogP contribution in [0.4, 0.5) is 14.5 Å². The van der Waals surface area contributed by atoms with Crippen LogP contribution in [0.15, 0.2) is 75.9 Å². The van der Waals surface area contributed by atoms with Gasteiger partial charge in [0, 0.05) is 75.0 Å². The summed E-state index contributed by atoms with van der Waals surface area (Å²) in [6, 6.07) is 16.0. The second-order valence-corrected chi connectivity index (χ2v) is 11.9. The number of nitrogens with zero attached hydrogens (tertiary/aromatic N) is 3. The van der Waals surface area contributed by atoms with Gasteiger partial charge in [0.15, 0.2) is 22.6 Å². The fourth-order valence-corrected chi connectivity index (χ4v) is 6.12. The number of hydrogen-bond acceptors (Lipinski definition) is 6. The number of benzene rings is 3. The van der Waals surface area contributed by atoms with Crippen LogP contribution in [-0.2, 0) is 22.6 Å². The number of carbonyl (C=O) groups excluding carboxylic acids is 3. The Morgan fingerprint density at radius 1 is 0.935 bits per heavy atom. The molecule has 4 aromatic rings. The van der Waals surface area contributed by atoms with Crippen LogP contribution >= 0.6 is 11.6 Å². The SMILES string of the molecule is O=C(N[C@@H](Cc1ccc(Cl)cc1)C(=O)N1CCN(c2ccccc2CN2CCCC2=O)CC1)c1cc(=O)c2cc(F)cc(F)c2o1. The first-order chi connectivity index (χ1) is 22.2. The van der Waals surface area contributed by atoms with Crippen molar-refractivity contribution in [3.8, 4) is 0 Å². The van der Waals surface area contributed by atoms with Crippen molar-refractivity contribution in [3.05, 3.63) is 110 Å². The van der Waals surface area contributed by atoms with Gasteiger partial charge in [-0.25, -0.2) is 8.78 Å². The fourth-order valence-electron chi connectivity index (χ4n) is 6.00. The summed E-state index contributed by atoms with van der Waals surface area (Å²) in [6.45, 7) is 3.11. The highest BCUT2D eigenvalue weighted by Gasteiger charge is 2.31. The fraction of sp³-hybridized carbons (Fsp3) is 0.294. The lowest BCUT2D eigenvalue weighted by Crippen LogP contribution is -2.55. The maximum Gasteiger partial charge on any atom is 0.287 e. The quantitative estimate of drug-likeness (QED) is 0.301. The molecule has 3 amide bonds. The number of hydrogen-bond donors (Lipinski definition) is 1. The first-order valence-electron chi connectivity index (χ1n) is 15.0. The van der Waals surface area contributed by atoms with E-state index in [2.05, 4.69) is 10.2 Å². The molecule has 0 unspecified atom stereocenters. The zero-order valence-electron chi connectivity index (χ0n) is 24.8. The molecule has 2 fully saturated rings. The number of nitrogens with one attached hydrogen (secondary N) is 1. The highest BCUT2D eigenvalue weighted by atomic mass is 35.5. The average Bonchev–Trinajstić information content (AvgIpc) is 3.45. The third kappa shape index (κ3) is 6.74. The van der Waals surface area contributed by atoms with Crippen LogP contribution in [0.1, 0.15) is 34.5 Å². The number of para-hydroxylation sites is 1. The van der Waals surface area contributed by atoms with Crippen LogP contribution < -0.4 is 15.6 Å². The third-order valence-corrected chi connectivity index (χ3v) is 8.64. The Bertz CT molecular complexity index is 1860. The largest absolute Gasteiger partial charge is 0.448 e. The summed E-state index contributed by atoms with van der Waals surface area (Å²) in [6.07, 6.45) is 1.55. The van der Waals surface area contributed by atoms with Crippen LogP contribution in [0.25, 0.3) is 11.0 Å². The Labute approximate surface area is 268 Å². The lowest BCUT2D eigenvalue weighted by atomic mass is 10.0. The van der Waals surface area contributed by atoms with Gasteiger partial charge in [-0.05, 0) is 41.8 Å². The van der Waals surface area contributed by atoms with E-state index in [4.69, 9.17) is 16.0 Å². The number of halogens is 3. The molecule has 0 spiro atoms. The van der Waals surface area contributed by atoms with Gasteiger partial charge >= 0.3 is 0 Å². The average molecular weight is 649 g/mol. The molecule has 3 heterocycles. The van der Waals surface area contributed by atoms with Gasteiger partial charge < -0.3 is 24.4 Å². The summed E-state index contributed by atoms with van der Waals surface area (Å²) < 4.78 is 33.5. The number of anilines is 1. The molecule has 1 N–H and O–H groups in total. The molecular formula is C34H31ClF2N4O5. The van der Waals surface area contributed by atoms with Crippen LogP contribution in [-0.4, -0.2) is 66.3 Å². The third-order valence-electron chi connectivity index (χ3n) is 8.38. The molecule has 6 rings (SSSR count). The monoisotopic (exact) mass is 648 g/mol. The van der Waals surface area contributed by atoms with E-state index < -0.39 is 40.4 Å². The van der Waals surface area contributed by atoms with Gasteiger partial charge in [-0.2, -0.15) is 0 Å². The Balaban J connectivity index is 1.19. The van der Waals surface area contributed by atoms with E-state index in [1.807, 2.05) is 29.2 Å². The second kappa shape index (κ2) is 13.3. The molecule has 2 aliphatic heterocycles. The van der Waals surface area contributed by atoms with Crippen molar-refractivity contribution in [2.45, 2.75) is 31.8 Å². The molecular weight excluding hydrogens is 618 g/mol. The Morgan fingerprint density at radius 3 is 2.39 bits per heavy atom. The zero-order valence-corrected chi connectivity index (χ0v) is 25.6. The zero-order chi connectivity index (χ0) is 32.4. The standard InChI is InChI=1S/C34H31ClF2N4O5/c35-23-9-7-21(8-10-23)16-27(38-33(44)30-19-29(42)25-17-24(36)18-26(37)32(25)46-30)34(45)40-14-12-39(13-15-40)28-5-2-1-4-22(28)20-41-11-3-6-31(41)43/h1-2,4-5,7-10,17-19,27H,3,6,11-16,20H2,(H,38,44)/t27-/m0/s1. The van der Waals surface area contributed by atoms with Crippen molar-refractivity contribution in [2.24, 2.45) is 0 Å². The molecule has 238 valence electrons. The molecule has 0 aliphatic carbocycles. The number of amides is 3. The van der Waals surface area contributed by atoms with Gasteiger partial charge in [-0.3, -0.25) is 19.2 Å². The van der Waals surface area contributed by atoms with E-state index in [0.29, 0.717) is 50.2 Å². The highest BCUT2D eigenvalue weighted by molar-refractivity contribution is 6.30. The Morgan fingerprint density at radius 2 is 1.67 bits per heavy atom. The van der Waals surface area contributed by atoms with Crippen LogP contribution in [0.2, 0.25) is 5.02 Å². The minimum absolute atomic E-state index is 0.117. The van der Waals surface area contributed by atoms with Crippen molar-refractivity contribution in [3.63, 3.8) is 0 Å². The highest BCUT2D eigenvalue weighted by Crippen LogP contribution is 2.26. The predicted octanol–water partition coefficient (Wildman–Crippen LogP) is 4.54. The van der Waals surface area contributed by atoms with Crippen LogP contribution in [0.3, 0.4) is 0 Å². The van der Waals surface area contributed by atoms with E-state index in [0.717, 1.165) is 41.9 Å². The summed E-state index contributed by atoms with van der Waals surface area (Å²) >= 11 is 6.05. The summed E-state index contributed by atoms with van der Waals surface area (Å²) in [7, 11) is 0. The summed E-state index contributed by atoms with van der Waals surface area (Å²) in [4.78, 5) is 57.8. The van der Waals surface area contributed by atoms with Crippen molar-refractivity contribution in [1.82, 2.24) is 15.1 Å².